The van der Waals surface area contributed by atoms with Gasteiger partial charge in [-0.15, -0.1) is 0 Å². The van der Waals surface area contributed by atoms with Gasteiger partial charge < -0.3 is 0 Å². The van der Waals surface area contributed by atoms with Crippen LogP contribution in [0, 0.1) is 5.82 Å². The van der Waals surface area contributed by atoms with E-state index in [9.17, 15) is 9.18 Å². The number of hydrogen-bond donors (Lipinski definition) is 0. The van der Waals surface area contributed by atoms with Crippen molar-refractivity contribution in [2.75, 3.05) is 0 Å². The number of halogens is 1. The van der Waals surface area contributed by atoms with E-state index in [2.05, 4.69) is 10.1 Å². The van der Waals surface area contributed by atoms with Crippen LogP contribution in [-0.2, 0) is 13.6 Å². The first kappa shape index (κ1) is 12.9. The minimum Gasteiger partial charge on any atom is -0.292 e. The number of aromatic nitrogens is 4. The van der Waals surface area contributed by atoms with Crippen molar-refractivity contribution < 1.29 is 4.39 Å². The zero-order valence-corrected chi connectivity index (χ0v) is 12.0. The molecule has 0 radical (unpaired) electrons. The molecule has 1 aliphatic rings. The summed E-state index contributed by atoms with van der Waals surface area (Å²) in [4.78, 5) is 17.1. The predicted molar refractivity (Wildman–Crippen MR) is 81.7 cm³/mol. The molecule has 1 aromatic carbocycles. The molecule has 0 aliphatic carbocycles. The van der Waals surface area contributed by atoms with Gasteiger partial charge in [-0.1, -0.05) is 12.1 Å². The van der Waals surface area contributed by atoms with E-state index in [-0.39, 0.29) is 11.4 Å². The van der Waals surface area contributed by atoms with Gasteiger partial charge >= 0.3 is 0 Å². The summed E-state index contributed by atoms with van der Waals surface area (Å²) in [5.74, 6) is 0.408. The zero-order valence-electron chi connectivity index (χ0n) is 12.0. The second-order valence-electron chi connectivity index (χ2n) is 5.37. The lowest BCUT2D eigenvalue weighted by molar-refractivity contribution is 0.628. The quantitative estimate of drug-likeness (QED) is 0.692. The van der Waals surface area contributed by atoms with Crippen LogP contribution in [0.15, 0.2) is 35.3 Å². The van der Waals surface area contributed by atoms with E-state index < -0.39 is 0 Å². The second kappa shape index (κ2) is 4.62. The van der Waals surface area contributed by atoms with Gasteiger partial charge in [-0.2, -0.15) is 5.10 Å². The molecule has 0 spiro atoms. The fraction of sp³-hybridized carbons (Fsp3) is 0.188. The third-order valence-electron chi connectivity index (χ3n) is 3.95. The smallest absolute Gasteiger partial charge is 0.264 e. The number of fused-ring (bicyclic) bond motifs is 2. The summed E-state index contributed by atoms with van der Waals surface area (Å²) in [6, 6.07) is 6.27. The Bertz CT molecular complexity index is 966. The normalized spacial score (nSPS) is 15.6. The van der Waals surface area contributed by atoms with Crippen LogP contribution in [0.2, 0.25) is 0 Å². The number of aryl methyl sites for hydroxylation is 1. The fourth-order valence-electron chi connectivity index (χ4n) is 2.81. The van der Waals surface area contributed by atoms with Gasteiger partial charge in [0.2, 0.25) is 0 Å². The topological polar surface area (TPSA) is 52.7 Å². The molecule has 110 valence electrons. The number of allylic oxidation sites excluding steroid dienone is 1. The molecule has 3 aromatic rings. The van der Waals surface area contributed by atoms with Crippen molar-refractivity contribution in [2.24, 2.45) is 7.05 Å². The van der Waals surface area contributed by atoms with Crippen LogP contribution >= 0.6 is 0 Å². The summed E-state index contributed by atoms with van der Waals surface area (Å²) in [6.45, 7) is 0.610. The lowest BCUT2D eigenvalue weighted by Gasteiger charge is -2.03. The molecule has 22 heavy (non-hydrogen) atoms. The Hall–Kier alpha value is -2.76. The molecule has 0 N–H and O–H groups in total. The van der Waals surface area contributed by atoms with Crippen LogP contribution in [0.4, 0.5) is 4.39 Å². The van der Waals surface area contributed by atoms with Crippen molar-refractivity contribution >= 4 is 22.7 Å². The van der Waals surface area contributed by atoms with E-state index in [0.29, 0.717) is 23.4 Å². The molecular weight excluding hydrogens is 283 g/mol. The maximum Gasteiger partial charge on any atom is 0.264 e. The van der Waals surface area contributed by atoms with Crippen molar-refractivity contribution in [3.8, 4) is 0 Å². The lowest BCUT2D eigenvalue weighted by atomic mass is 10.1. The number of nitrogens with zero attached hydrogens (tertiary/aromatic N) is 4. The lowest BCUT2D eigenvalue weighted by Crippen LogP contribution is -2.20. The second-order valence-corrected chi connectivity index (χ2v) is 5.37. The highest BCUT2D eigenvalue weighted by atomic mass is 19.1. The Morgan fingerprint density at radius 2 is 2.05 bits per heavy atom. The van der Waals surface area contributed by atoms with Crippen LogP contribution in [0.25, 0.3) is 22.7 Å². The van der Waals surface area contributed by atoms with E-state index in [4.69, 9.17) is 0 Å². The van der Waals surface area contributed by atoms with Crippen LogP contribution in [0.1, 0.15) is 17.8 Å². The average molecular weight is 296 g/mol. The van der Waals surface area contributed by atoms with E-state index in [1.807, 2.05) is 6.08 Å². The van der Waals surface area contributed by atoms with Gasteiger partial charge in [-0.05, 0) is 35.8 Å². The van der Waals surface area contributed by atoms with Crippen LogP contribution in [0.5, 0.6) is 0 Å². The van der Waals surface area contributed by atoms with Gasteiger partial charge in [0.1, 0.15) is 17.0 Å². The molecule has 0 saturated carbocycles. The molecule has 0 bridgehead atoms. The summed E-state index contributed by atoms with van der Waals surface area (Å²) in [7, 11) is 1.77. The third kappa shape index (κ3) is 1.88. The largest absolute Gasteiger partial charge is 0.292 e. The molecule has 6 heteroatoms. The average Bonchev–Trinajstić information content (AvgIpc) is 3.08. The Kier molecular flexibility index (Phi) is 2.72. The summed E-state index contributed by atoms with van der Waals surface area (Å²) >= 11 is 0. The minimum absolute atomic E-state index is 0.0596. The van der Waals surface area contributed by atoms with Gasteiger partial charge in [0, 0.05) is 13.6 Å². The first-order chi connectivity index (χ1) is 10.6. The Morgan fingerprint density at radius 1 is 1.27 bits per heavy atom. The van der Waals surface area contributed by atoms with Gasteiger partial charge in [-0.25, -0.2) is 9.37 Å². The maximum atomic E-state index is 13.0. The predicted octanol–water partition coefficient (Wildman–Crippen LogP) is 2.21. The van der Waals surface area contributed by atoms with Crippen molar-refractivity contribution in [1.29, 1.82) is 0 Å². The highest BCUT2D eigenvalue weighted by Crippen LogP contribution is 2.27. The van der Waals surface area contributed by atoms with Crippen LogP contribution in [0.3, 0.4) is 0 Å². The Morgan fingerprint density at radius 3 is 2.82 bits per heavy atom. The van der Waals surface area contributed by atoms with Crippen LogP contribution in [-0.4, -0.2) is 19.3 Å². The number of hydrogen-bond acceptors (Lipinski definition) is 3. The number of benzene rings is 1. The maximum absolute atomic E-state index is 13.0. The standard InChI is InChI=1S/C16H13FN4O/c1-20-15-13(9-18-20)16(22)21-7-6-11(14(21)19-15)8-10-2-4-12(17)5-3-10/h2-5,8-9H,6-7H2,1H3/b11-8+. The molecule has 5 nitrogen and oxygen atoms in total. The van der Waals surface area contributed by atoms with E-state index in [0.717, 1.165) is 17.6 Å². The van der Waals surface area contributed by atoms with Gasteiger partial charge in [0.15, 0.2) is 5.65 Å². The van der Waals surface area contributed by atoms with Gasteiger partial charge in [0.25, 0.3) is 5.56 Å². The molecule has 1 aliphatic heterocycles. The van der Waals surface area contributed by atoms with E-state index in [1.165, 1.54) is 12.1 Å². The van der Waals surface area contributed by atoms with Gasteiger partial charge in [-0.3, -0.25) is 14.0 Å². The molecule has 0 atom stereocenters. The molecule has 0 saturated heterocycles. The van der Waals surface area contributed by atoms with E-state index >= 15 is 0 Å². The molecule has 4 rings (SSSR count). The molecule has 0 fully saturated rings. The third-order valence-corrected chi connectivity index (χ3v) is 3.95. The SMILES string of the molecule is Cn1ncc2c(=O)n3c(nc21)/C(=C/c1ccc(F)cc1)CC3. The zero-order chi connectivity index (χ0) is 15.3. The molecular formula is C16H13FN4O. The first-order valence-corrected chi connectivity index (χ1v) is 7.02. The summed E-state index contributed by atoms with van der Waals surface area (Å²) in [6.07, 6.45) is 4.25. The van der Waals surface area contributed by atoms with Crippen molar-refractivity contribution in [3.63, 3.8) is 0 Å². The van der Waals surface area contributed by atoms with Crippen molar-refractivity contribution in [3.05, 3.63) is 58.0 Å². The summed E-state index contributed by atoms with van der Waals surface area (Å²) in [5.41, 5.74) is 2.40. The summed E-state index contributed by atoms with van der Waals surface area (Å²) < 4.78 is 16.3. The molecule has 0 unspecified atom stereocenters. The Labute approximate surface area is 125 Å². The first-order valence-electron chi connectivity index (χ1n) is 7.02. The van der Waals surface area contributed by atoms with Crippen molar-refractivity contribution in [1.82, 2.24) is 19.3 Å². The molecule has 0 amide bonds. The monoisotopic (exact) mass is 296 g/mol. The highest BCUT2D eigenvalue weighted by Gasteiger charge is 2.22. The van der Waals surface area contributed by atoms with Crippen molar-refractivity contribution in [2.45, 2.75) is 13.0 Å². The van der Waals surface area contributed by atoms with Crippen LogP contribution < -0.4 is 5.56 Å². The molecule has 2 aromatic heterocycles. The molecule has 3 heterocycles. The summed E-state index contributed by atoms with van der Waals surface area (Å²) in [5, 5.41) is 4.63. The van der Waals surface area contributed by atoms with Gasteiger partial charge in [0.05, 0.1) is 6.20 Å². The highest BCUT2D eigenvalue weighted by molar-refractivity contribution is 5.83. The fourth-order valence-corrected chi connectivity index (χ4v) is 2.81. The minimum atomic E-state index is -0.264. The number of rotatable bonds is 1. The Balaban J connectivity index is 1.90. The van der Waals surface area contributed by atoms with E-state index in [1.54, 1.807) is 34.6 Å².